The third kappa shape index (κ3) is 3.60. The third-order valence-corrected chi connectivity index (χ3v) is 4.09. The van der Waals surface area contributed by atoms with Crippen molar-refractivity contribution in [3.05, 3.63) is 18.2 Å². The second-order valence-electron chi connectivity index (χ2n) is 5.50. The summed E-state index contributed by atoms with van der Waals surface area (Å²) in [5, 5.41) is 3.38. The molecule has 21 heavy (non-hydrogen) atoms. The number of nitrogens with zero attached hydrogens (tertiary/aromatic N) is 1. The minimum absolute atomic E-state index is 0.258. The smallest absolute Gasteiger partial charge is 0.143 e. The zero-order valence-electron chi connectivity index (χ0n) is 12.6. The van der Waals surface area contributed by atoms with E-state index >= 15 is 0 Å². The zero-order chi connectivity index (χ0) is 14.5. The van der Waals surface area contributed by atoms with Crippen LogP contribution in [-0.2, 0) is 4.74 Å². The van der Waals surface area contributed by atoms with Crippen LogP contribution in [0.3, 0.4) is 0 Å². The molecule has 0 radical (unpaired) electrons. The van der Waals surface area contributed by atoms with Gasteiger partial charge in [-0.3, -0.25) is 0 Å². The number of hydrogen-bond acceptors (Lipinski definition) is 5. The van der Waals surface area contributed by atoms with Gasteiger partial charge < -0.3 is 24.4 Å². The van der Waals surface area contributed by atoms with Gasteiger partial charge in [-0.2, -0.15) is 0 Å². The molecule has 116 valence electrons. The molecule has 2 aliphatic rings. The Morgan fingerprint density at radius 3 is 2.67 bits per heavy atom. The van der Waals surface area contributed by atoms with E-state index in [1.165, 1.54) is 0 Å². The van der Waals surface area contributed by atoms with Gasteiger partial charge in [-0.25, -0.2) is 0 Å². The number of piperazine rings is 1. The van der Waals surface area contributed by atoms with Crippen LogP contribution in [0.1, 0.15) is 12.8 Å². The summed E-state index contributed by atoms with van der Waals surface area (Å²) in [5.74, 6) is 1.84. The molecule has 0 atom stereocenters. The quantitative estimate of drug-likeness (QED) is 0.914. The van der Waals surface area contributed by atoms with Crippen molar-refractivity contribution in [3.63, 3.8) is 0 Å². The monoisotopic (exact) mass is 292 g/mol. The highest BCUT2D eigenvalue weighted by molar-refractivity contribution is 5.62. The Bertz CT molecular complexity index is 455. The Morgan fingerprint density at radius 1 is 1.19 bits per heavy atom. The lowest BCUT2D eigenvalue weighted by Crippen LogP contribution is -2.43. The van der Waals surface area contributed by atoms with Crippen LogP contribution < -0.4 is 19.7 Å². The van der Waals surface area contributed by atoms with E-state index in [-0.39, 0.29) is 6.10 Å². The molecule has 2 saturated heterocycles. The van der Waals surface area contributed by atoms with Crippen molar-refractivity contribution in [2.75, 3.05) is 51.4 Å². The van der Waals surface area contributed by atoms with Gasteiger partial charge in [0.05, 0.1) is 26.0 Å². The SMILES string of the molecule is COc1ccc(OC2CCOCC2)c(N2CCNCC2)c1. The minimum atomic E-state index is 0.258. The fraction of sp³-hybridized carbons (Fsp3) is 0.625. The Hall–Kier alpha value is -1.46. The number of ether oxygens (including phenoxy) is 3. The van der Waals surface area contributed by atoms with Crippen molar-refractivity contribution in [2.45, 2.75) is 18.9 Å². The van der Waals surface area contributed by atoms with E-state index in [9.17, 15) is 0 Å². The van der Waals surface area contributed by atoms with Crippen molar-refractivity contribution in [2.24, 2.45) is 0 Å². The molecule has 0 saturated carbocycles. The van der Waals surface area contributed by atoms with Crippen LogP contribution in [0.2, 0.25) is 0 Å². The van der Waals surface area contributed by atoms with Gasteiger partial charge in [-0.15, -0.1) is 0 Å². The normalized spacial score (nSPS) is 20.3. The Kier molecular flexibility index (Phi) is 4.83. The summed E-state index contributed by atoms with van der Waals surface area (Å²) in [7, 11) is 1.70. The van der Waals surface area contributed by atoms with E-state index in [0.717, 1.165) is 69.4 Å². The highest BCUT2D eigenvalue weighted by atomic mass is 16.5. The Balaban J connectivity index is 1.79. The van der Waals surface area contributed by atoms with Crippen molar-refractivity contribution in [1.29, 1.82) is 0 Å². The Morgan fingerprint density at radius 2 is 1.95 bits per heavy atom. The summed E-state index contributed by atoms with van der Waals surface area (Å²) in [6.07, 6.45) is 2.19. The molecule has 2 heterocycles. The van der Waals surface area contributed by atoms with Crippen LogP contribution in [0.5, 0.6) is 11.5 Å². The summed E-state index contributed by atoms with van der Waals surface area (Å²) in [6.45, 7) is 5.60. The van der Waals surface area contributed by atoms with Gasteiger partial charge in [-0.1, -0.05) is 0 Å². The van der Waals surface area contributed by atoms with Crippen LogP contribution >= 0.6 is 0 Å². The van der Waals surface area contributed by atoms with Crippen molar-refractivity contribution >= 4 is 5.69 Å². The van der Waals surface area contributed by atoms with Crippen molar-refractivity contribution in [1.82, 2.24) is 5.32 Å². The van der Waals surface area contributed by atoms with E-state index in [2.05, 4.69) is 16.3 Å². The molecule has 1 aromatic rings. The standard InChI is InChI=1S/C16H24N2O3/c1-19-14-2-3-16(21-13-4-10-20-11-5-13)15(12-14)18-8-6-17-7-9-18/h2-3,12-13,17H,4-11H2,1H3. The number of nitrogens with one attached hydrogen (secondary N) is 1. The first kappa shape index (κ1) is 14.5. The lowest BCUT2D eigenvalue weighted by atomic mass is 10.1. The maximum atomic E-state index is 6.24. The molecule has 1 N–H and O–H groups in total. The number of benzene rings is 1. The highest BCUT2D eigenvalue weighted by Gasteiger charge is 2.20. The molecule has 5 nitrogen and oxygen atoms in total. The van der Waals surface area contributed by atoms with Gasteiger partial charge in [0.2, 0.25) is 0 Å². The highest BCUT2D eigenvalue weighted by Crippen LogP contribution is 2.34. The summed E-state index contributed by atoms with van der Waals surface area (Å²) in [5.41, 5.74) is 1.14. The van der Waals surface area contributed by atoms with E-state index in [4.69, 9.17) is 14.2 Å². The second-order valence-corrected chi connectivity index (χ2v) is 5.50. The summed E-state index contributed by atoms with van der Waals surface area (Å²) in [4.78, 5) is 2.37. The first-order valence-corrected chi connectivity index (χ1v) is 7.75. The first-order chi connectivity index (χ1) is 10.4. The van der Waals surface area contributed by atoms with Gasteiger partial charge in [0.25, 0.3) is 0 Å². The van der Waals surface area contributed by atoms with Crippen LogP contribution in [0.15, 0.2) is 18.2 Å². The fourth-order valence-corrected chi connectivity index (χ4v) is 2.85. The van der Waals surface area contributed by atoms with Crippen LogP contribution in [-0.4, -0.2) is 52.6 Å². The van der Waals surface area contributed by atoms with E-state index in [0.29, 0.717) is 0 Å². The lowest BCUT2D eigenvalue weighted by Gasteiger charge is -2.32. The van der Waals surface area contributed by atoms with Gasteiger partial charge in [0.15, 0.2) is 0 Å². The fourth-order valence-electron chi connectivity index (χ4n) is 2.85. The number of methoxy groups -OCH3 is 1. The number of rotatable bonds is 4. The average molecular weight is 292 g/mol. The molecule has 2 aliphatic heterocycles. The zero-order valence-corrected chi connectivity index (χ0v) is 12.6. The largest absolute Gasteiger partial charge is 0.497 e. The van der Waals surface area contributed by atoms with Gasteiger partial charge >= 0.3 is 0 Å². The molecule has 0 amide bonds. The number of hydrogen-bond donors (Lipinski definition) is 1. The van der Waals surface area contributed by atoms with Crippen molar-refractivity contribution < 1.29 is 14.2 Å². The van der Waals surface area contributed by atoms with Gasteiger partial charge in [-0.05, 0) is 12.1 Å². The molecule has 5 heteroatoms. The summed E-state index contributed by atoms with van der Waals surface area (Å²) < 4.78 is 17.0. The minimum Gasteiger partial charge on any atom is -0.497 e. The van der Waals surface area contributed by atoms with Crippen molar-refractivity contribution in [3.8, 4) is 11.5 Å². The second kappa shape index (κ2) is 7.00. The average Bonchev–Trinajstić information content (AvgIpc) is 2.57. The van der Waals surface area contributed by atoms with Crippen LogP contribution in [0, 0.1) is 0 Å². The van der Waals surface area contributed by atoms with Gasteiger partial charge in [0, 0.05) is 45.1 Å². The first-order valence-electron chi connectivity index (χ1n) is 7.75. The number of anilines is 1. The molecule has 0 bridgehead atoms. The molecule has 0 aromatic heterocycles. The predicted molar refractivity (Wildman–Crippen MR) is 82.5 cm³/mol. The van der Waals surface area contributed by atoms with Crippen LogP contribution in [0.4, 0.5) is 5.69 Å². The maximum Gasteiger partial charge on any atom is 0.143 e. The van der Waals surface area contributed by atoms with Gasteiger partial charge in [0.1, 0.15) is 17.6 Å². The molecular formula is C16H24N2O3. The molecule has 0 spiro atoms. The predicted octanol–water partition coefficient (Wildman–Crippen LogP) is 1.66. The summed E-state index contributed by atoms with van der Waals surface area (Å²) in [6, 6.07) is 6.09. The summed E-state index contributed by atoms with van der Waals surface area (Å²) >= 11 is 0. The Labute approximate surface area is 126 Å². The maximum absolute atomic E-state index is 6.24. The molecule has 2 fully saturated rings. The molecular weight excluding hydrogens is 268 g/mol. The van der Waals surface area contributed by atoms with E-state index in [1.807, 2.05) is 12.1 Å². The topological polar surface area (TPSA) is 43.0 Å². The molecule has 0 aliphatic carbocycles. The lowest BCUT2D eigenvalue weighted by molar-refractivity contribution is 0.0257. The third-order valence-electron chi connectivity index (χ3n) is 4.09. The molecule has 3 rings (SSSR count). The molecule has 1 aromatic carbocycles. The van der Waals surface area contributed by atoms with Crippen LogP contribution in [0.25, 0.3) is 0 Å². The van der Waals surface area contributed by atoms with E-state index < -0.39 is 0 Å². The van der Waals surface area contributed by atoms with E-state index in [1.54, 1.807) is 7.11 Å². The molecule has 0 unspecified atom stereocenters.